The van der Waals surface area contributed by atoms with Crippen LogP contribution in [0, 0.1) is 5.41 Å². The molecule has 0 radical (unpaired) electrons. The molecule has 0 aromatic rings. The number of nitrogens with two attached hydrogens (primary N) is 1. The SMILES string of the molecule is C=CCN1C(=O)N(C)C(=O)C(C)(CCN)C1=O. The summed E-state index contributed by atoms with van der Waals surface area (Å²) in [5, 5.41) is 0. The molecule has 0 aliphatic carbocycles. The summed E-state index contributed by atoms with van der Waals surface area (Å²) in [4.78, 5) is 37.9. The van der Waals surface area contributed by atoms with E-state index in [1.165, 1.54) is 20.0 Å². The third-order valence-electron chi connectivity index (χ3n) is 2.97. The number of imide groups is 2. The van der Waals surface area contributed by atoms with Crippen molar-refractivity contribution in [3.05, 3.63) is 12.7 Å². The number of amides is 4. The van der Waals surface area contributed by atoms with E-state index < -0.39 is 23.3 Å². The second kappa shape index (κ2) is 4.67. The maximum Gasteiger partial charge on any atom is 0.333 e. The number of nitrogens with zero attached hydrogens (tertiary/aromatic N) is 2. The Morgan fingerprint density at radius 2 is 1.94 bits per heavy atom. The van der Waals surface area contributed by atoms with Crippen LogP contribution in [-0.2, 0) is 9.59 Å². The van der Waals surface area contributed by atoms with Crippen molar-refractivity contribution in [3.8, 4) is 0 Å². The van der Waals surface area contributed by atoms with Gasteiger partial charge >= 0.3 is 6.03 Å². The minimum Gasteiger partial charge on any atom is -0.330 e. The summed E-state index contributed by atoms with van der Waals surface area (Å²) in [7, 11) is 1.36. The van der Waals surface area contributed by atoms with E-state index in [2.05, 4.69) is 6.58 Å². The molecule has 2 N–H and O–H groups in total. The lowest BCUT2D eigenvalue weighted by molar-refractivity contribution is -0.156. The van der Waals surface area contributed by atoms with E-state index >= 15 is 0 Å². The number of barbiturate groups is 1. The molecule has 6 nitrogen and oxygen atoms in total. The Kier molecular flexibility index (Phi) is 3.67. The molecule has 1 saturated heterocycles. The fourth-order valence-corrected chi connectivity index (χ4v) is 1.91. The number of rotatable bonds is 4. The molecule has 1 fully saturated rings. The van der Waals surface area contributed by atoms with E-state index in [0.29, 0.717) is 0 Å². The summed E-state index contributed by atoms with van der Waals surface area (Å²) in [5.74, 6) is -1.01. The summed E-state index contributed by atoms with van der Waals surface area (Å²) in [6.07, 6.45) is 1.66. The molecule has 1 unspecified atom stereocenters. The number of hydrogen-bond donors (Lipinski definition) is 1. The van der Waals surface area contributed by atoms with Gasteiger partial charge in [-0.3, -0.25) is 19.4 Å². The Hall–Kier alpha value is -1.69. The Morgan fingerprint density at radius 1 is 1.35 bits per heavy atom. The van der Waals surface area contributed by atoms with Gasteiger partial charge in [0.2, 0.25) is 11.8 Å². The molecule has 17 heavy (non-hydrogen) atoms. The molecular formula is C11H17N3O3. The Bertz CT molecular complexity index is 380. The molecule has 0 bridgehead atoms. The van der Waals surface area contributed by atoms with Gasteiger partial charge in [-0.05, 0) is 19.9 Å². The van der Waals surface area contributed by atoms with Gasteiger partial charge in [0.05, 0.1) is 0 Å². The van der Waals surface area contributed by atoms with E-state index in [1.807, 2.05) is 0 Å². The lowest BCUT2D eigenvalue weighted by Gasteiger charge is -2.40. The first-order chi connectivity index (χ1) is 7.90. The molecule has 0 spiro atoms. The maximum atomic E-state index is 12.1. The predicted octanol–water partition coefficient (Wildman–Crippen LogP) is -0.0519. The van der Waals surface area contributed by atoms with E-state index in [0.717, 1.165) is 9.80 Å². The third-order valence-corrected chi connectivity index (χ3v) is 2.97. The van der Waals surface area contributed by atoms with E-state index in [-0.39, 0.29) is 19.5 Å². The number of hydrogen-bond acceptors (Lipinski definition) is 4. The second-order valence-electron chi connectivity index (χ2n) is 4.22. The third kappa shape index (κ3) is 1.95. The number of carbonyl (C=O) groups is 3. The molecule has 0 aromatic carbocycles. The summed E-state index contributed by atoms with van der Waals surface area (Å²) in [5.41, 5.74) is 4.17. The smallest absolute Gasteiger partial charge is 0.330 e. The van der Waals surface area contributed by atoms with Crippen molar-refractivity contribution in [1.82, 2.24) is 9.80 Å². The van der Waals surface area contributed by atoms with E-state index in [1.54, 1.807) is 0 Å². The van der Waals surface area contributed by atoms with Gasteiger partial charge < -0.3 is 5.73 Å². The summed E-state index contributed by atoms with van der Waals surface area (Å²) < 4.78 is 0. The van der Waals surface area contributed by atoms with Crippen LogP contribution in [0.2, 0.25) is 0 Å². The van der Waals surface area contributed by atoms with Gasteiger partial charge in [-0.1, -0.05) is 6.08 Å². The standard InChI is InChI=1S/C11H17N3O3/c1-4-7-14-9(16)11(2,5-6-12)8(15)13(3)10(14)17/h4H,1,5-7,12H2,2-3H3. The average molecular weight is 239 g/mol. The normalized spacial score (nSPS) is 25.5. The van der Waals surface area contributed by atoms with E-state index in [9.17, 15) is 14.4 Å². The van der Waals surface area contributed by atoms with Crippen LogP contribution in [0.4, 0.5) is 4.79 Å². The first kappa shape index (κ1) is 13.4. The molecule has 0 aromatic heterocycles. The molecule has 1 aliphatic heterocycles. The quantitative estimate of drug-likeness (QED) is 0.550. The first-order valence-corrected chi connectivity index (χ1v) is 5.35. The minimum absolute atomic E-state index is 0.0927. The zero-order valence-electron chi connectivity index (χ0n) is 10.1. The largest absolute Gasteiger partial charge is 0.333 e. The van der Waals surface area contributed by atoms with E-state index in [4.69, 9.17) is 5.73 Å². The molecule has 1 atom stereocenters. The van der Waals surface area contributed by atoms with Crippen molar-refractivity contribution in [2.75, 3.05) is 20.1 Å². The molecule has 1 aliphatic rings. The number of carbonyl (C=O) groups excluding carboxylic acids is 3. The van der Waals surface area contributed by atoms with Crippen LogP contribution in [0.5, 0.6) is 0 Å². The van der Waals surface area contributed by atoms with Crippen LogP contribution in [0.15, 0.2) is 12.7 Å². The Balaban J connectivity index is 3.15. The zero-order chi connectivity index (χ0) is 13.2. The lowest BCUT2D eigenvalue weighted by Crippen LogP contribution is -2.63. The van der Waals surface area contributed by atoms with Crippen molar-refractivity contribution in [1.29, 1.82) is 0 Å². The summed E-state index contributed by atoms with van der Waals surface area (Å²) in [6, 6.07) is -0.616. The van der Waals surface area contributed by atoms with Crippen LogP contribution in [0.25, 0.3) is 0 Å². The van der Waals surface area contributed by atoms with Gasteiger partial charge in [0.15, 0.2) is 0 Å². The lowest BCUT2D eigenvalue weighted by atomic mass is 9.82. The van der Waals surface area contributed by atoms with Crippen molar-refractivity contribution >= 4 is 17.8 Å². The molecule has 1 heterocycles. The van der Waals surface area contributed by atoms with Crippen LogP contribution in [0.3, 0.4) is 0 Å². The highest BCUT2D eigenvalue weighted by Crippen LogP contribution is 2.31. The van der Waals surface area contributed by atoms with Gasteiger partial charge in [0.1, 0.15) is 5.41 Å². The molecule has 0 saturated carbocycles. The highest BCUT2D eigenvalue weighted by atomic mass is 16.2. The van der Waals surface area contributed by atoms with Crippen LogP contribution >= 0.6 is 0 Å². The van der Waals surface area contributed by atoms with Gasteiger partial charge in [-0.15, -0.1) is 6.58 Å². The van der Waals surface area contributed by atoms with Crippen molar-refractivity contribution < 1.29 is 14.4 Å². The van der Waals surface area contributed by atoms with Crippen LogP contribution in [0.1, 0.15) is 13.3 Å². The van der Waals surface area contributed by atoms with Crippen molar-refractivity contribution in [3.63, 3.8) is 0 Å². The number of urea groups is 1. The molecular weight excluding hydrogens is 222 g/mol. The monoisotopic (exact) mass is 239 g/mol. The summed E-state index contributed by atoms with van der Waals surface area (Å²) >= 11 is 0. The predicted molar refractivity (Wildman–Crippen MR) is 61.9 cm³/mol. The zero-order valence-corrected chi connectivity index (χ0v) is 10.1. The molecule has 94 valence electrons. The minimum atomic E-state index is -1.25. The summed E-state index contributed by atoms with van der Waals surface area (Å²) in [6.45, 7) is 5.30. The molecule has 6 heteroatoms. The topological polar surface area (TPSA) is 83.7 Å². The maximum absolute atomic E-state index is 12.1. The highest BCUT2D eigenvalue weighted by Gasteiger charge is 2.52. The molecule has 4 amide bonds. The second-order valence-corrected chi connectivity index (χ2v) is 4.22. The van der Waals surface area contributed by atoms with Gasteiger partial charge in [0, 0.05) is 13.6 Å². The van der Waals surface area contributed by atoms with Gasteiger partial charge in [-0.25, -0.2) is 4.79 Å². The fourth-order valence-electron chi connectivity index (χ4n) is 1.91. The highest BCUT2D eigenvalue weighted by molar-refractivity contribution is 6.18. The average Bonchev–Trinajstić information content (AvgIpc) is 2.31. The fraction of sp³-hybridized carbons (Fsp3) is 0.545. The van der Waals surface area contributed by atoms with Crippen molar-refractivity contribution in [2.45, 2.75) is 13.3 Å². The van der Waals surface area contributed by atoms with Crippen molar-refractivity contribution in [2.24, 2.45) is 11.1 Å². The Labute approximate surface area is 100 Å². The Morgan fingerprint density at radius 3 is 2.41 bits per heavy atom. The molecule has 1 rings (SSSR count). The van der Waals surface area contributed by atoms with Gasteiger partial charge in [0.25, 0.3) is 0 Å². The van der Waals surface area contributed by atoms with Crippen LogP contribution in [-0.4, -0.2) is 47.8 Å². The first-order valence-electron chi connectivity index (χ1n) is 5.35. The van der Waals surface area contributed by atoms with Crippen LogP contribution < -0.4 is 5.73 Å². The van der Waals surface area contributed by atoms with Gasteiger partial charge in [-0.2, -0.15) is 0 Å².